The van der Waals surface area contributed by atoms with Crippen LogP contribution in [0.1, 0.15) is 25.7 Å². The van der Waals surface area contributed by atoms with E-state index in [1.165, 1.54) is 0 Å². The average Bonchev–Trinajstić information content (AvgIpc) is 3.12. The quantitative estimate of drug-likeness (QED) is 0.545. The molecular weight excluding hydrogens is 362 g/mol. The van der Waals surface area contributed by atoms with E-state index < -0.39 is 5.92 Å². The van der Waals surface area contributed by atoms with Gasteiger partial charge in [0.15, 0.2) is 0 Å². The second-order valence-electron chi connectivity index (χ2n) is 7.19. The van der Waals surface area contributed by atoms with Gasteiger partial charge in [0.25, 0.3) is 0 Å². The first-order valence-electron chi connectivity index (χ1n) is 9.27. The topological polar surface area (TPSA) is 79.4 Å². The zero-order valence-electron chi connectivity index (χ0n) is 15.0. The number of hydrogen-bond acceptors (Lipinski definition) is 5. The molecule has 1 fully saturated rings. The molecule has 1 saturated carbocycles. The van der Waals surface area contributed by atoms with Gasteiger partial charge in [-0.15, -0.1) is 0 Å². The maximum atomic E-state index is 13.3. The van der Waals surface area contributed by atoms with Crippen LogP contribution in [0.2, 0.25) is 0 Å². The first-order chi connectivity index (χ1) is 13.6. The average molecular weight is 380 g/mol. The molecule has 3 heterocycles. The Hall–Kier alpha value is -3.16. The number of benzene rings is 1. The van der Waals surface area contributed by atoms with Crippen molar-refractivity contribution in [3.05, 3.63) is 43.0 Å². The number of aromatic nitrogens is 5. The minimum absolute atomic E-state index is 0.0226. The lowest BCUT2D eigenvalue weighted by Crippen LogP contribution is -2.32. The van der Waals surface area contributed by atoms with Gasteiger partial charge in [-0.05, 0) is 30.5 Å². The highest BCUT2D eigenvalue weighted by atomic mass is 19.3. The summed E-state index contributed by atoms with van der Waals surface area (Å²) in [5.74, 6) is -2.08. The Kier molecular flexibility index (Phi) is 3.92. The Labute approximate surface area is 159 Å². The highest BCUT2D eigenvalue weighted by molar-refractivity contribution is 5.95. The largest absolute Gasteiger partial charge is 0.351 e. The van der Waals surface area contributed by atoms with Gasteiger partial charge in [0.1, 0.15) is 5.65 Å². The van der Waals surface area contributed by atoms with E-state index in [9.17, 15) is 8.78 Å². The number of nitrogens with zero attached hydrogens (tertiary/aromatic N) is 4. The van der Waals surface area contributed by atoms with E-state index in [0.717, 1.165) is 27.5 Å². The maximum Gasteiger partial charge on any atom is 0.248 e. The van der Waals surface area contributed by atoms with Crippen LogP contribution in [0.3, 0.4) is 0 Å². The zero-order chi connectivity index (χ0) is 19.1. The third kappa shape index (κ3) is 3.15. The Bertz CT molecular complexity index is 1150. The number of halogens is 2. The Balaban J connectivity index is 1.41. The summed E-state index contributed by atoms with van der Waals surface area (Å²) >= 11 is 0. The van der Waals surface area contributed by atoms with Crippen molar-refractivity contribution in [3.63, 3.8) is 0 Å². The van der Waals surface area contributed by atoms with Crippen LogP contribution in [0, 0.1) is 0 Å². The molecule has 0 atom stereocenters. The van der Waals surface area contributed by atoms with Crippen LogP contribution in [0.5, 0.6) is 0 Å². The molecule has 6 nitrogen and oxygen atoms in total. The van der Waals surface area contributed by atoms with Crippen molar-refractivity contribution in [3.8, 4) is 11.1 Å². The van der Waals surface area contributed by atoms with E-state index in [1.54, 1.807) is 18.6 Å². The van der Waals surface area contributed by atoms with Crippen molar-refractivity contribution in [2.75, 3.05) is 5.32 Å². The zero-order valence-corrected chi connectivity index (χ0v) is 15.0. The van der Waals surface area contributed by atoms with Crippen LogP contribution in [0.25, 0.3) is 33.2 Å². The molecule has 0 spiro atoms. The Morgan fingerprint density at radius 2 is 1.82 bits per heavy atom. The molecular formula is C20H18F2N6. The van der Waals surface area contributed by atoms with Gasteiger partial charge in [0.2, 0.25) is 11.9 Å². The van der Waals surface area contributed by atoms with Crippen LogP contribution in [0.4, 0.5) is 14.7 Å². The number of alkyl halides is 2. The minimum atomic E-state index is -2.54. The summed E-state index contributed by atoms with van der Waals surface area (Å²) in [7, 11) is 0. The van der Waals surface area contributed by atoms with Gasteiger partial charge < -0.3 is 10.3 Å². The predicted molar refractivity (Wildman–Crippen MR) is 103 cm³/mol. The van der Waals surface area contributed by atoms with E-state index in [4.69, 9.17) is 0 Å². The summed E-state index contributed by atoms with van der Waals surface area (Å²) in [5.41, 5.74) is 4.34. The molecule has 0 amide bonds. The van der Waals surface area contributed by atoms with Crippen molar-refractivity contribution in [2.45, 2.75) is 37.6 Å². The summed E-state index contributed by atoms with van der Waals surface area (Å²) in [4.78, 5) is 20.7. The summed E-state index contributed by atoms with van der Waals surface area (Å²) in [6.45, 7) is 0. The number of rotatable bonds is 3. The standard InChI is InChI=1S/C20H18F2N6/c21-20(22)5-3-13(4-6-20)27-19-26-11-15-14(10-25-18(15)28-19)12-1-2-16-17(9-12)24-8-7-23-16/h1-2,7-11,13H,3-6H2,(H2,25,26,27,28). The lowest BCUT2D eigenvalue weighted by Gasteiger charge is -2.28. The van der Waals surface area contributed by atoms with Crippen molar-refractivity contribution >= 4 is 28.0 Å². The van der Waals surface area contributed by atoms with E-state index in [0.29, 0.717) is 24.4 Å². The normalized spacial score (nSPS) is 17.2. The van der Waals surface area contributed by atoms with Gasteiger partial charge in [-0.2, -0.15) is 4.98 Å². The van der Waals surface area contributed by atoms with E-state index in [-0.39, 0.29) is 18.9 Å². The molecule has 4 aromatic rings. The number of hydrogen-bond donors (Lipinski definition) is 2. The van der Waals surface area contributed by atoms with Crippen LogP contribution >= 0.6 is 0 Å². The molecule has 5 rings (SSSR count). The lowest BCUT2D eigenvalue weighted by atomic mass is 9.92. The van der Waals surface area contributed by atoms with E-state index in [1.807, 2.05) is 24.4 Å². The van der Waals surface area contributed by atoms with E-state index in [2.05, 4.69) is 30.2 Å². The number of aromatic amines is 1. The van der Waals surface area contributed by atoms with Gasteiger partial charge >= 0.3 is 0 Å². The summed E-state index contributed by atoms with van der Waals surface area (Å²) in [5, 5.41) is 4.08. The second kappa shape index (κ2) is 6.47. The van der Waals surface area contributed by atoms with Gasteiger partial charge in [0, 0.05) is 54.6 Å². The Morgan fingerprint density at radius 3 is 2.64 bits per heavy atom. The molecule has 142 valence electrons. The molecule has 0 aliphatic heterocycles. The molecule has 28 heavy (non-hydrogen) atoms. The fourth-order valence-electron chi connectivity index (χ4n) is 3.71. The third-order valence-electron chi connectivity index (χ3n) is 5.26. The molecule has 2 N–H and O–H groups in total. The smallest absolute Gasteiger partial charge is 0.248 e. The monoisotopic (exact) mass is 380 g/mol. The summed E-state index contributed by atoms with van der Waals surface area (Å²) < 4.78 is 26.6. The molecule has 0 bridgehead atoms. The molecule has 0 saturated heterocycles. The van der Waals surface area contributed by atoms with Gasteiger partial charge in [-0.3, -0.25) is 9.97 Å². The molecule has 0 unspecified atom stereocenters. The van der Waals surface area contributed by atoms with Gasteiger partial charge in [-0.1, -0.05) is 6.07 Å². The Morgan fingerprint density at radius 1 is 1.04 bits per heavy atom. The lowest BCUT2D eigenvalue weighted by molar-refractivity contribution is -0.0361. The molecule has 0 radical (unpaired) electrons. The predicted octanol–water partition coefficient (Wildman–Crippen LogP) is 4.56. The van der Waals surface area contributed by atoms with Crippen molar-refractivity contribution < 1.29 is 8.78 Å². The number of nitrogens with one attached hydrogen (secondary N) is 2. The van der Waals surface area contributed by atoms with Gasteiger partial charge in [0.05, 0.1) is 11.0 Å². The molecule has 8 heteroatoms. The summed E-state index contributed by atoms with van der Waals surface area (Å²) in [6.07, 6.45) is 7.64. The number of fused-ring (bicyclic) bond motifs is 2. The first kappa shape index (κ1) is 17.0. The fourth-order valence-corrected chi connectivity index (χ4v) is 3.71. The maximum absolute atomic E-state index is 13.3. The fraction of sp³-hybridized carbons (Fsp3) is 0.300. The van der Waals surface area contributed by atoms with Crippen molar-refractivity contribution in [1.82, 2.24) is 24.9 Å². The third-order valence-corrected chi connectivity index (χ3v) is 5.26. The first-order valence-corrected chi connectivity index (χ1v) is 9.27. The molecule has 1 aliphatic carbocycles. The van der Waals surface area contributed by atoms with Crippen molar-refractivity contribution in [2.24, 2.45) is 0 Å². The van der Waals surface area contributed by atoms with Crippen molar-refractivity contribution in [1.29, 1.82) is 0 Å². The SMILES string of the molecule is FC1(F)CCC(Nc2ncc3c(-c4ccc5nccnc5c4)c[nH]c3n2)CC1. The highest BCUT2D eigenvalue weighted by Crippen LogP contribution is 2.34. The van der Waals surface area contributed by atoms with E-state index >= 15 is 0 Å². The molecule has 1 aromatic carbocycles. The number of H-pyrrole nitrogens is 1. The molecule has 1 aliphatic rings. The summed E-state index contributed by atoms with van der Waals surface area (Å²) in [6, 6.07) is 5.89. The minimum Gasteiger partial charge on any atom is -0.351 e. The van der Waals surface area contributed by atoms with Crippen LogP contribution in [-0.4, -0.2) is 36.9 Å². The van der Waals surface area contributed by atoms with Crippen LogP contribution < -0.4 is 5.32 Å². The van der Waals surface area contributed by atoms with Gasteiger partial charge in [-0.25, -0.2) is 13.8 Å². The second-order valence-corrected chi connectivity index (χ2v) is 7.19. The highest BCUT2D eigenvalue weighted by Gasteiger charge is 2.35. The number of anilines is 1. The molecule has 3 aromatic heterocycles. The van der Waals surface area contributed by atoms with Crippen LogP contribution in [0.15, 0.2) is 43.0 Å². The van der Waals surface area contributed by atoms with Crippen LogP contribution in [-0.2, 0) is 0 Å².